The average molecular weight is 395 g/mol. The van der Waals surface area contributed by atoms with Crippen LogP contribution in [0.1, 0.15) is 15.9 Å². The van der Waals surface area contributed by atoms with Gasteiger partial charge in [0.15, 0.2) is 0 Å². The van der Waals surface area contributed by atoms with Crippen LogP contribution < -0.4 is 4.74 Å². The van der Waals surface area contributed by atoms with Gasteiger partial charge in [0, 0.05) is 38.1 Å². The molecule has 1 aliphatic heterocycles. The zero-order chi connectivity index (χ0) is 16.2. The number of rotatable bonds is 4. The third kappa shape index (κ3) is 4.13. The van der Waals surface area contributed by atoms with Gasteiger partial charge in [0.05, 0.1) is 16.5 Å². The van der Waals surface area contributed by atoms with Gasteiger partial charge < -0.3 is 9.64 Å². The number of hydrogen-bond donors (Lipinski definition) is 0. The summed E-state index contributed by atoms with van der Waals surface area (Å²) in [6.07, 6.45) is 0. The van der Waals surface area contributed by atoms with Gasteiger partial charge in [-0.2, -0.15) is 0 Å². The van der Waals surface area contributed by atoms with Crippen molar-refractivity contribution < 1.29 is 9.53 Å². The maximum absolute atomic E-state index is 12.4. The van der Waals surface area contributed by atoms with E-state index >= 15 is 0 Å². The van der Waals surface area contributed by atoms with Crippen molar-refractivity contribution in [2.75, 3.05) is 33.3 Å². The molecule has 23 heavy (non-hydrogen) atoms. The average Bonchev–Trinajstić information content (AvgIpc) is 3.02. The lowest BCUT2D eigenvalue weighted by Gasteiger charge is -2.34. The second kappa shape index (κ2) is 7.47. The number of nitrogens with zero attached hydrogens (tertiary/aromatic N) is 2. The molecule has 0 unspecified atom stereocenters. The summed E-state index contributed by atoms with van der Waals surface area (Å²) in [5.41, 5.74) is 2.05. The molecule has 6 heteroatoms. The molecule has 0 atom stereocenters. The first-order valence-electron chi connectivity index (χ1n) is 7.54. The van der Waals surface area contributed by atoms with Crippen LogP contribution in [0.15, 0.2) is 39.5 Å². The summed E-state index contributed by atoms with van der Waals surface area (Å²) in [4.78, 5) is 16.8. The van der Waals surface area contributed by atoms with Crippen molar-refractivity contribution in [2.24, 2.45) is 0 Å². The lowest BCUT2D eigenvalue weighted by molar-refractivity contribution is 0.0629. The van der Waals surface area contributed by atoms with Crippen molar-refractivity contribution in [1.29, 1.82) is 0 Å². The van der Waals surface area contributed by atoms with E-state index in [2.05, 4.69) is 33.0 Å². The van der Waals surface area contributed by atoms with E-state index in [4.69, 9.17) is 4.74 Å². The van der Waals surface area contributed by atoms with Crippen LogP contribution in [0.3, 0.4) is 0 Å². The van der Waals surface area contributed by atoms with Crippen LogP contribution in [0.2, 0.25) is 0 Å². The number of thiophene rings is 1. The lowest BCUT2D eigenvalue weighted by atomic mass is 10.2. The van der Waals surface area contributed by atoms with E-state index in [1.165, 1.54) is 5.56 Å². The first kappa shape index (κ1) is 16.5. The number of hydrogen-bond acceptors (Lipinski definition) is 4. The molecule has 1 amide bonds. The minimum atomic E-state index is 0.135. The van der Waals surface area contributed by atoms with Crippen LogP contribution in [0.5, 0.6) is 5.75 Å². The van der Waals surface area contributed by atoms with Gasteiger partial charge in [0.1, 0.15) is 5.75 Å². The predicted octanol–water partition coefficient (Wildman–Crippen LogP) is 3.48. The SMILES string of the molecule is COc1ccc(CN2CCN(C(=O)c3csc(Br)c3)CC2)cc1. The Morgan fingerprint density at radius 2 is 1.91 bits per heavy atom. The molecule has 3 rings (SSSR count). The summed E-state index contributed by atoms with van der Waals surface area (Å²) in [7, 11) is 1.68. The van der Waals surface area contributed by atoms with Crippen LogP contribution in [-0.4, -0.2) is 49.0 Å². The smallest absolute Gasteiger partial charge is 0.254 e. The molecule has 1 saturated heterocycles. The van der Waals surface area contributed by atoms with Gasteiger partial charge in [-0.05, 0) is 39.7 Å². The number of methoxy groups -OCH3 is 1. The highest BCUT2D eigenvalue weighted by atomic mass is 79.9. The zero-order valence-corrected chi connectivity index (χ0v) is 15.4. The van der Waals surface area contributed by atoms with E-state index in [0.717, 1.165) is 47.8 Å². The van der Waals surface area contributed by atoms with E-state index in [1.807, 2.05) is 28.5 Å². The van der Waals surface area contributed by atoms with Gasteiger partial charge in [-0.15, -0.1) is 11.3 Å². The summed E-state index contributed by atoms with van der Waals surface area (Å²) in [6.45, 7) is 4.28. The van der Waals surface area contributed by atoms with Crippen LogP contribution >= 0.6 is 27.3 Å². The molecule has 1 aromatic carbocycles. The molecular formula is C17H19BrN2O2S. The Hall–Kier alpha value is -1.37. The Balaban J connectivity index is 1.52. The van der Waals surface area contributed by atoms with Gasteiger partial charge in [-0.3, -0.25) is 9.69 Å². The molecule has 0 spiro atoms. The molecule has 0 saturated carbocycles. The molecule has 1 aliphatic rings. The maximum atomic E-state index is 12.4. The van der Waals surface area contributed by atoms with E-state index < -0.39 is 0 Å². The van der Waals surface area contributed by atoms with Crippen molar-refractivity contribution in [3.63, 3.8) is 0 Å². The first-order chi connectivity index (χ1) is 11.2. The summed E-state index contributed by atoms with van der Waals surface area (Å²) in [5, 5.41) is 1.91. The topological polar surface area (TPSA) is 32.8 Å². The molecule has 0 N–H and O–H groups in total. The largest absolute Gasteiger partial charge is 0.497 e. The van der Waals surface area contributed by atoms with Crippen LogP contribution in [-0.2, 0) is 6.54 Å². The van der Waals surface area contributed by atoms with Crippen LogP contribution in [0, 0.1) is 0 Å². The molecule has 1 aromatic heterocycles. The molecule has 122 valence electrons. The summed E-state index contributed by atoms with van der Waals surface area (Å²) in [5.74, 6) is 1.02. The lowest BCUT2D eigenvalue weighted by Crippen LogP contribution is -2.48. The Morgan fingerprint density at radius 3 is 2.48 bits per heavy atom. The Bertz CT molecular complexity index is 663. The predicted molar refractivity (Wildman–Crippen MR) is 96.2 cm³/mol. The normalized spacial score (nSPS) is 15.7. The molecule has 0 radical (unpaired) electrons. The Morgan fingerprint density at radius 1 is 1.22 bits per heavy atom. The number of ether oxygens (including phenoxy) is 1. The number of carbonyl (C=O) groups is 1. The standard InChI is InChI=1S/C17H19BrN2O2S/c1-22-15-4-2-13(3-5-15)11-19-6-8-20(9-7-19)17(21)14-10-16(18)23-12-14/h2-5,10,12H,6-9,11H2,1H3. The molecule has 1 fully saturated rings. The van der Waals surface area contributed by atoms with E-state index in [-0.39, 0.29) is 5.91 Å². The van der Waals surface area contributed by atoms with Crippen molar-refractivity contribution in [3.8, 4) is 5.75 Å². The van der Waals surface area contributed by atoms with Crippen LogP contribution in [0.4, 0.5) is 0 Å². The molecule has 0 bridgehead atoms. The number of halogens is 1. The molecule has 0 aliphatic carbocycles. The Labute approximate surface area is 148 Å². The number of piperazine rings is 1. The van der Waals surface area contributed by atoms with Gasteiger partial charge in [-0.25, -0.2) is 0 Å². The highest BCUT2D eigenvalue weighted by Crippen LogP contribution is 2.22. The summed E-state index contributed by atoms with van der Waals surface area (Å²) in [6, 6.07) is 10.1. The highest BCUT2D eigenvalue weighted by molar-refractivity contribution is 9.11. The van der Waals surface area contributed by atoms with E-state index in [9.17, 15) is 4.79 Å². The first-order valence-corrected chi connectivity index (χ1v) is 9.21. The zero-order valence-electron chi connectivity index (χ0n) is 13.0. The third-order valence-corrected chi connectivity index (χ3v) is 5.54. The van der Waals surface area contributed by atoms with Gasteiger partial charge in [-0.1, -0.05) is 12.1 Å². The highest BCUT2D eigenvalue weighted by Gasteiger charge is 2.22. The third-order valence-electron chi connectivity index (χ3n) is 4.04. The summed E-state index contributed by atoms with van der Waals surface area (Å²) < 4.78 is 6.18. The summed E-state index contributed by atoms with van der Waals surface area (Å²) >= 11 is 4.96. The van der Waals surface area contributed by atoms with E-state index in [0.29, 0.717) is 0 Å². The fourth-order valence-corrected chi connectivity index (χ4v) is 3.83. The quantitative estimate of drug-likeness (QED) is 0.795. The number of benzene rings is 1. The maximum Gasteiger partial charge on any atom is 0.254 e. The molecule has 2 heterocycles. The van der Waals surface area contributed by atoms with Crippen molar-refractivity contribution >= 4 is 33.2 Å². The minimum Gasteiger partial charge on any atom is -0.497 e. The van der Waals surface area contributed by atoms with Gasteiger partial charge in [0.25, 0.3) is 5.91 Å². The van der Waals surface area contributed by atoms with Gasteiger partial charge >= 0.3 is 0 Å². The molecule has 2 aromatic rings. The monoisotopic (exact) mass is 394 g/mol. The molecule has 4 nitrogen and oxygen atoms in total. The number of amides is 1. The second-order valence-corrected chi connectivity index (χ2v) is 7.85. The minimum absolute atomic E-state index is 0.135. The Kier molecular flexibility index (Phi) is 5.35. The van der Waals surface area contributed by atoms with Crippen molar-refractivity contribution in [2.45, 2.75) is 6.54 Å². The fraction of sp³-hybridized carbons (Fsp3) is 0.353. The second-order valence-electron chi connectivity index (χ2n) is 5.56. The fourth-order valence-electron chi connectivity index (χ4n) is 2.70. The van der Waals surface area contributed by atoms with Gasteiger partial charge in [0.2, 0.25) is 0 Å². The van der Waals surface area contributed by atoms with Crippen molar-refractivity contribution in [1.82, 2.24) is 9.80 Å². The number of carbonyl (C=O) groups excluding carboxylic acids is 1. The van der Waals surface area contributed by atoms with E-state index in [1.54, 1.807) is 18.4 Å². The van der Waals surface area contributed by atoms with Crippen LogP contribution in [0.25, 0.3) is 0 Å². The van der Waals surface area contributed by atoms with Crippen molar-refractivity contribution in [3.05, 3.63) is 50.6 Å². The molecular weight excluding hydrogens is 376 g/mol.